The Labute approximate surface area is 136 Å². The molecular formula is C18H22N4O. The number of benzene rings is 1. The molecule has 2 aromatic rings. The Morgan fingerprint density at radius 2 is 2.17 bits per heavy atom. The lowest BCUT2D eigenvalue weighted by Gasteiger charge is -2.15. The highest BCUT2D eigenvalue weighted by atomic mass is 16.2. The van der Waals surface area contributed by atoms with Gasteiger partial charge in [-0.3, -0.25) is 0 Å². The summed E-state index contributed by atoms with van der Waals surface area (Å²) in [5.41, 5.74) is 2.77. The zero-order chi connectivity index (χ0) is 16.7. The lowest BCUT2D eigenvalue weighted by molar-refractivity contribution is 0.236. The number of urea groups is 1. The van der Waals surface area contributed by atoms with Gasteiger partial charge in [0.25, 0.3) is 0 Å². The summed E-state index contributed by atoms with van der Waals surface area (Å²) in [4.78, 5) is 11.9. The lowest BCUT2D eigenvalue weighted by Crippen LogP contribution is -2.40. The van der Waals surface area contributed by atoms with E-state index in [0.29, 0.717) is 12.1 Å². The van der Waals surface area contributed by atoms with E-state index in [2.05, 4.69) is 27.3 Å². The van der Waals surface area contributed by atoms with E-state index in [0.717, 1.165) is 18.4 Å². The highest BCUT2D eigenvalue weighted by Crippen LogP contribution is 2.06. The van der Waals surface area contributed by atoms with E-state index in [1.54, 1.807) is 12.1 Å². The number of rotatable bonds is 6. The molecule has 0 saturated heterocycles. The summed E-state index contributed by atoms with van der Waals surface area (Å²) in [5, 5.41) is 14.6. The predicted octanol–water partition coefficient (Wildman–Crippen LogP) is 2.72. The van der Waals surface area contributed by atoms with Crippen LogP contribution >= 0.6 is 0 Å². The first-order valence-corrected chi connectivity index (χ1v) is 7.72. The van der Waals surface area contributed by atoms with Crippen LogP contribution in [0.3, 0.4) is 0 Å². The van der Waals surface area contributed by atoms with E-state index in [-0.39, 0.29) is 12.1 Å². The fraction of sp³-hybridized carbons (Fsp3) is 0.333. The molecule has 1 heterocycles. The molecule has 120 valence electrons. The maximum absolute atomic E-state index is 11.9. The van der Waals surface area contributed by atoms with Gasteiger partial charge in [0.1, 0.15) is 0 Å². The van der Waals surface area contributed by atoms with Crippen LogP contribution in [0.1, 0.15) is 30.2 Å². The molecule has 1 atom stereocenters. The summed E-state index contributed by atoms with van der Waals surface area (Å²) in [6.45, 7) is 2.41. The summed E-state index contributed by atoms with van der Waals surface area (Å²) >= 11 is 0. The van der Waals surface area contributed by atoms with Crippen molar-refractivity contribution in [1.29, 1.82) is 5.26 Å². The van der Waals surface area contributed by atoms with E-state index >= 15 is 0 Å². The Hall–Kier alpha value is -2.74. The van der Waals surface area contributed by atoms with Gasteiger partial charge in [0.05, 0.1) is 11.6 Å². The second-order valence-electron chi connectivity index (χ2n) is 5.69. The Kier molecular flexibility index (Phi) is 5.81. The molecule has 0 aliphatic carbocycles. The molecule has 0 radical (unpaired) electrons. The van der Waals surface area contributed by atoms with Crippen molar-refractivity contribution < 1.29 is 4.79 Å². The number of nitrogens with one attached hydrogen (secondary N) is 2. The maximum atomic E-state index is 11.9. The summed E-state index contributed by atoms with van der Waals surface area (Å²) < 4.78 is 2.09. The molecule has 2 rings (SSSR count). The second kappa shape index (κ2) is 8.04. The molecule has 0 bridgehead atoms. The number of carbonyl (C=O) groups excluding carboxylic acids is 1. The fourth-order valence-corrected chi connectivity index (χ4v) is 2.40. The van der Waals surface area contributed by atoms with Gasteiger partial charge in [-0.25, -0.2) is 4.79 Å². The molecule has 1 aromatic carbocycles. The summed E-state index contributed by atoms with van der Waals surface area (Å²) in [6.07, 6.45) is 3.83. The Bertz CT molecular complexity index is 699. The smallest absolute Gasteiger partial charge is 0.315 e. The van der Waals surface area contributed by atoms with Crippen molar-refractivity contribution >= 4 is 6.03 Å². The highest BCUT2D eigenvalue weighted by Gasteiger charge is 2.08. The van der Waals surface area contributed by atoms with Gasteiger partial charge < -0.3 is 15.2 Å². The third-order valence-electron chi connectivity index (χ3n) is 3.77. The first-order chi connectivity index (χ1) is 11.1. The molecular weight excluding hydrogens is 288 g/mol. The van der Waals surface area contributed by atoms with Gasteiger partial charge in [-0.2, -0.15) is 5.26 Å². The van der Waals surface area contributed by atoms with Crippen LogP contribution in [0, 0.1) is 11.3 Å². The van der Waals surface area contributed by atoms with Crippen LogP contribution in [0.4, 0.5) is 4.79 Å². The number of aryl methyl sites for hydroxylation is 2. The van der Waals surface area contributed by atoms with Gasteiger partial charge in [-0.05, 0) is 49.6 Å². The van der Waals surface area contributed by atoms with E-state index in [9.17, 15) is 4.79 Å². The van der Waals surface area contributed by atoms with E-state index in [1.807, 2.05) is 38.4 Å². The van der Waals surface area contributed by atoms with Crippen molar-refractivity contribution in [3.8, 4) is 6.07 Å². The first kappa shape index (κ1) is 16.6. The molecule has 0 aliphatic rings. The van der Waals surface area contributed by atoms with E-state index < -0.39 is 0 Å². The van der Waals surface area contributed by atoms with Crippen LogP contribution in [-0.2, 0) is 20.0 Å². The van der Waals surface area contributed by atoms with Crippen LogP contribution in [0.25, 0.3) is 0 Å². The van der Waals surface area contributed by atoms with E-state index in [4.69, 9.17) is 5.26 Å². The Morgan fingerprint density at radius 3 is 2.87 bits per heavy atom. The lowest BCUT2D eigenvalue weighted by atomic mass is 10.1. The van der Waals surface area contributed by atoms with Crippen LogP contribution < -0.4 is 10.6 Å². The molecule has 0 aliphatic heterocycles. The number of nitriles is 1. The first-order valence-electron chi connectivity index (χ1n) is 7.72. The predicted molar refractivity (Wildman–Crippen MR) is 89.7 cm³/mol. The van der Waals surface area contributed by atoms with Crippen molar-refractivity contribution in [2.24, 2.45) is 7.05 Å². The molecule has 1 unspecified atom stereocenters. The maximum Gasteiger partial charge on any atom is 0.315 e. The minimum Gasteiger partial charge on any atom is -0.354 e. The Morgan fingerprint density at radius 1 is 1.35 bits per heavy atom. The Balaban J connectivity index is 1.73. The third-order valence-corrected chi connectivity index (χ3v) is 3.77. The van der Waals surface area contributed by atoms with Crippen molar-refractivity contribution in [2.45, 2.75) is 32.4 Å². The largest absolute Gasteiger partial charge is 0.354 e. The molecule has 0 fully saturated rings. The quantitative estimate of drug-likeness (QED) is 0.861. The zero-order valence-corrected chi connectivity index (χ0v) is 13.5. The molecule has 0 saturated carbocycles. The molecule has 2 amide bonds. The minimum absolute atomic E-state index is 0.0929. The third kappa shape index (κ3) is 5.19. The number of hydrogen-bond donors (Lipinski definition) is 2. The van der Waals surface area contributed by atoms with Crippen molar-refractivity contribution in [3.05, 3.63) is 59.4 Å². The second-order valence-corrected chi connectivity index (χ2v) is 5.69. The topological polar surface area (TPSA) is 69.8 Å². The minimum atomic E-state index is -0.188. The zero-order valence-electron chi connectivity index (χ0n) is 13.5. The normalized spacial score (nSPS) is 11.5. The fourth-order valence-electron chi connectivity index (χ4n) is 2.40. The molecule has 0 spiro atoms. The average molecular weight is 310 g/mol. The van der Waals surface area contributed by atoms with Gasteiger partial charge in [-0.1, -0.05) is 12.1 Å². The van der Waals surface area contributed by atoms with Gasteiger partial charge in [0, 0.05) is 31.5 Å². The van der Waals surface area contributed by atoms with Crippen LogP contribution in [-0.4, -0.2) is 16.6 Å². The summed E-state index contributed by atoms with van der Waals surface area (Å²) in [6, 6.07) is 13.3. The van der Waals surface area contributed by atoms with Gasteiger partial charge >= 0.3 is 6.03 Å². The number of hydrogen-bond acceptors (Lipinski definition) is 2. The molecule has 5 heteroatoms. The number of aromatic nitrogens is 1. The highest BCUT2D eigenvalue weighted by molar-refractivity contribution is 5.74. The van der Waals surface area contributed by atoms with Crippen molar-refractivity contribution in [3.63, 3.8) is 0 Å². The van der Waals surface area contributed by atoms with Crippen LogP contribution in [0.15, 0.2) is 42.6 Å². The van der Waals surface area contributed by atoms with E-state index in [1.165, 1.54) is 5.69 Å². The standard InChI is InChI=1S/C18H22N4O/c1-14(8-9-17-7-4-10-22(17)2)21-18(23)20-13-16-6-3-5-15(11-16)12-19/h3-7,10-11,14H,8-9,13H2,1-2H3,(H2,20,21,23). The number of carbonyl (C=O) groups is 1. The molecule has 5 nitrogen and oxygen atoms in total. The number of amides is 2. The monoisotopic (exact) mass is 310 g/mol. The SMILES string of the molecule is CC(CCc1cccn1C)NC(=O)NCc1cccc(C#N)c1. The van der Waals surface area contributed by atoms with Crippen molar-refractivity contribution in [2.75, 3.05) is 0 Å². The summed E-state index contributed by atoms with van der Waals surface area (Å²) in [7, 11) is 2.02. The summed E-state index contributed by atoms with van der Waals surface area (Å²) in [5.74, 6) is 0. The van der Waals surface area contributed by atoms with Crippen LogP contribution in [0.5, 0.6) is 0 Å². The van der Waals surface area contributed by atoms with Crippen molar-refractivity contribution in [1.82, 2.24) is 15.2 Å². The van der Waals surface area contributed by atoms with Gasteiger partial charge in [-0.15, -0.1) is 0 Å². The molecule has 23 heavy (non-hydrogen) atoms. The molecule has 1 aromatic heterocycles. The number of nitrogens with zero attached hydrogens (tertiary/aromatic N) is 2. The average Bonchev–Trinajstić information content (AvgIpc) is 2.96. The van der Waals surface area contributed by atoms with Gasteiger partial charge in [0.2, 0.25) is 0 Å². The van der Waals surface area contributed by atoms with Gasteiger partial charge in [0.15, 0.2) is 0 Å². The molecule has 2 N–H and O–H groups in total. The van der Waals surface area contributed by atoms with Crippen LogP contribution in [0.2, 0.25) is 0 Å².